The van der Waals surface area contributed by atoms with Gasteiger partial charge >= 0.3 is 5.97 Å². The highest BCUT2D eigenvalue weighted by Crippen LogP contribution is 1.98. The highest BCUT2D eigenvalue weighted by Gasteiger charge is 2.15. The maximum absolute atomic E-state index is 11.1. The Bertz CT molecular complexity index is 267. The van der Waals surface area contributed by atoms with Crippen molar-refractivity contribution in [2.24, 2.45) is 5.73 Å². The van der Waals surface area contributed by atoms with Crippen LogP contribution in [0.1, 0.15) is 12.6 Å². The van der Waals surface area contributed by atoms with Crippen molar-refractivity contribution in [3.8, 4) is 0 Å². The topological polar surface area (TPSA) is 81.0 Å². The Morgan fingerprint density at radius 2 is 2.33 bits per heavy atom. The van der Waals surface area contributed by atoms with Crippen molar-refractivity contribution >= 4 is 30.8 Å². The Balaban J connectivity index is 0. The van der Waals surface area contributed by atoms with E-state index in [9.17, 15) is 4.79 Å². The molecule has 1 rings (SSSR count). The summed E-state index contributed by atoms with van der Waals surface area (Å²) < 4.78 is 4.75. The summed E-state index contributed by atoms with van der Waals surface area (Å²) in [5, 5.41) is 6.48. The largest absolute Gasteiger partial charge is 0.465 e. The van der Waals surface area contributed by atoms with E-state index in [1.807, 2.05) is 0 Å². The molecule has 0 aromatic carbocycles. The lowest BCUT2D eigenvalue weighted by molar-refractivity contribution is -0.144. The average Bonchev–Trinajstić information content (AvgIpc) is 2.57. The van der Waals surface area contributed by atoms with Crippen molar-refractivity contribution in [1.29, 1.82) is 0 Å². The standard InChI is InChI=1S/C8H13N3O2.2ClH/c1-2-13-8(12)7(9)5-6-3-4-10-11-6;;/h3-4,7H,2,5,9H2,1H3,(H,10,11);2*1H. The Morgan fingerprint density at radius 3 is 2.80 bits per heavy atom. The molecular formula is C8H15Cl2N3O2. The van der Waals surface area contributed by atoms with Crippen LogP contribution in [0.15, 0.2) is 12.3 Å². The molecule has 5 nitrogen and oxygen atoms in total. The minimum Gasteiger partial charge on any atom is -0.465 e. The van der Waals surface area contributed by atoms with Gasteiger partial charge in [0.2, 0.25) is 0 Å². The summed E-state index contributed by atoms with van der Waals surface area (Å²) in [7, 11) is 0. The Labute approximate surface area is 101 Å². The fraction of sp³-hybridized carbons (Fsp3) is 0.500. The molecule has 15 heavy (non-hydrogen) atoms. The zero-order valence-corrected chi connectivity index (χ0v) is 9.94. The van der Waals surface area contributed by atoms with E-state index in [1.165, 1.54) is 0 Å². The van der Waals surface area contributed by atoms with E-state index in [2.05, 4.69) is 10.2 Å². The third-order valence-corrected chi connectivity index (χ3v) is 1.59. The summed E-state index contributed by atoms with van der Waals surface area (Å²) in [6.45, 7) is 2.11. The lowest BCUT2D eigenvalue weighted by Crippen LogP contribution is -2.34. The fourth-order valence-corrected chi connectivity index (χ4v) is 0.968. The van der Waals surface area contributed by atoms with Gasteiger partial charge in [0, 0.05) is 18.3 Å². The van der Waals surface area contributed by atoms with Gasteiger partial charge in [-0.1, -0.05) is 0 Å². The number of nitrogens with zero attached hydrogens (tertiary/aromatic N) is 1. The number of H-pyrrole nitrogens is 1. The molecule has 1 atom stereocenters. The number of halogens is 2. The number of carbonyl (C=O) groups excluding carboxylic acids is 1. The summed E-state index contributed by atoms with van der Waals surface area (Å²) in [6.07, 6.45) is 2.05. The first-order valence-electron chi connectivity index (χ1n) is 4.14. The van der Waals surface area contributed by atoms with Gasteiger partial charge in [-0.15, -0.1) is 24.8 Å². The molecule has 0 aliphatic rings. The molecule has 1 heterocycles. The van der Waals surface area contributed by atoms with E-state index in [0.717, 1.165) is 5.69 Å². The van der Waals surface area contributed by atoms with Gasteiger partial charge in [-0.3, -0.25) is 9.89 Å². The minimum absolute atomic E-state index is 0. The molecule has 0 spiro atoms. The second-order valence-corrected chi connectivity index (χ2v) is 2.64. The van der Waals surface area contributed by atoms with E-state index in [-0.39, 0.29) is 30.8 Å². The minimum atomic E-state index is -0.611. The second-order valence-electron chi connectivity index (χ2n) is 2.64. The maximum Gasteiger partial charge on any atom is 0.323 e. The lowest BCUT2D eigenvalue weighted by Gasteiger charge is -2.08. The van der Waals surface area contributed by atoms with Crippen LogP contribution in [0.2, 0.25) is 0 Å². The Hall–Kier alpha value is -0.780. The quantitative estimate of drug-likeness (QED) is 0.776. The average molecular weight is 256 g/mol. The second kappa shape index (κ2) is 8.52. The molecular weight excluding hydrogens is 241 g/mol. The van der Waals surface area contributed by atoms with Gasteiger partial charge in [0.1, 0.15) is 6.04 Å². The van der Waals surface area contributed by atoms with Crippen molar-refractivity contribution in [2.45, 2.75) is 19.4 Å². The molecule has 0 bridgehead atoms. The molecule has 0 amide bonds. The van der Waals surface area contributed by atoms with Gasteiger partial charge < -0.3 is 10.5 Å². The van der Waals surface area contributed by atoms with Gasteiger partial charge in [-0.25, -0.2) is 0 Å². The molecule has 0 aliphatic heterocycles. The van der Waals surface area contributed by atoms with Crippen LogP contribution in [0.25, 0.3) is 0 Å². The summed E-state index contributed by atoms with van der Waals surface area (Å²) in [5.74, 6) is -0.378. The van der Waals surface area contributed by atoms with Crippen LogP contribution >= 0.6 is 24.8 Å². The molecule has 0 fully saturated rings. The van der Waals surface area contributed by atoms with Gasteiger partial charge in [-0.2, -0.15) is 5.10 Å². The molecule has 0 aliphatic carbocycles. The molecule has 0 saturated heterocycles. The third-order valence-electron chi connectivity index (χ3n) is 1.59. The van der Waals surface area contributed by atoms with Crippen LogP contribution in [0.3, 0.4) is 0 Å². The fourth-order valence-electron chi connectivity index (χ4n) is 0.968. The van der Waals surface area contributed by atoms with E-state index in [0.29, 0.717) is 13.0 Å². The Kier molecular flexibility index (Phi) is 9.46. The number of nitrogens with two attached hydrogens (primary N) is 1. The lowest BCUT2D eigenvalue weighted by atomic mass is 10.2. The van der Waals surface area contributed by atoms with E-state index < -0.39 is 6.04 Å². The first kappa shape index (κ1) is 16.6. The van der Waals surface area contributed by atoms with Crippen LogP contribution in [0, 0.1) is 0 Å². The molecule has 0 radical (unpaired) electrons. The predicted octanol–water partition coefficient (Wildman–Crippen LogP) is 0.686. The molecule has 7 heteroatoms. The van der Waals surface area contributed by atoms with Crippen LogP contribution in [0.4, 0.5) is 0 Å². The van der Waals surface area contributed by atoms with Crippen molar-refractivity contribution in [1.82, 2.24) is 10.2 Å². The predicted molar refractivity (Wildman–Crippen MR) is 61.4 cm³/mol. The SMILES string of the molecule is CCOC(=O)C(N)Cc1ccn[nH]1.Cl.Cl. The van der Waals surface area contributed by atoms with E-state index >= 15 is 0 Å². The van der Waals surface area contributed by atoms with E-state index in [4.69, 9.17) is 10.5 Å². The van der Waals surface area contributed by atoms with Crippen molar-refractivity contribution in [3.05, 3.63) is 18.0 Å². The number of aromatic amines is 1. The highest BCUT2D eigenvalue weighted by molar-refractivity contribution is 5.85. The van der Waals surface area contributed by atoms with Crippen LogP contribution in [-0.4, -0.2) is 28.8 Å². The molecule has 1 aromatic rings. The van der Waals surface area contributed by atoms with Crippen LogP contribution in [-0.2, 0) is 16.0 Å². The normalized spacial score (nSPS) is 10.8. The van der Waals surface area contributed by atoms with Gasteiger partial charge in [0.25, 0.3) is 0 Å². The number of ether oxygens (including phenoxy) is 1. The zero-order valence-electron chi connectivity index (χ0n) is 8.30. The first-order valence-corrected chi connectivity index (χ1v) is 4.14. The maximum atomic E-state index is 11.1. The number of hydrogen-bond acceptors (Lipinski definition) is 4. The van der Waals surface area contributed by atoms with Crippen LogP contribution in [0.5, 0.6) is 0 Å². The number of carbonyl (C=O) groups is 1. The third kappa shape index (κ3) is 5.61. The number of hydrogen-bond donors (Lipinski definition) is 2. The summed E-state index contributed by atoms with van der Waals surface area (Å²) >= 11 is 0. The smallest absolute Gasteiger partial charge is 0.323 e. The number of nitrogens with one attached hydrogen (secondary N) is 1. The number of rotatable bonds is 4. The monoisotopic (exact) mass is 255 g/mol. The summed E-state index contributed by atoms with van der Waals surface area (Å²) in [5.41, 5.74) is 6.41. The molecule has 1 aromatic heterocycles. The molecule has 0 saturated carbocycles. The van der Waals surface area contributed by atoms with Gasteiger partial charge in [0.05, 0.1) is 6.61 Å². The number of aromatic nitrogens is 2. The van der Waals surface area contributed by atoms with Crippen molar-refractivity contribution < 1.29 is 9.53 Å². The van der Waals surface area contributed by atoms with Crippen LogP contribution < -0.4 is 5.73 Å². The molecule has 88 valence electrons. The highest BCUT2D eigenvalue weighted by atomic mass is 35.5. The van der Waals surface area contributed by atoms with E-state index in [1.54, 1.807) is 19.2 Å². The van der Waals surface area contributed by atoms with Crippen molar-refractivity contribution in [2.75, 3.05) is 6.61 Å². The molecule has 1 unspecified atom stereocenters. The summed E-state index contributed by atoms with van der Waals surface area (Å²) in [6, 6.07) is 1.17. The molecule has 3 N–H and O–H groups in total. The first-order chi connectivity index (χ1) is 6.24. The van der Waals surface area contributed by atoms with Gasteiger partial charge in [-0.05, 0) is 13.0 Å². The van der Waals surface area contributed by atoms with Crippen molar-refractivity contribution in [3.63, 3.8) is 0 Å². The Morgan fingerprint density at radius 1 is 1.67 bits per heavy atom. The van der Waals surface area contributed by atoms with Gasteiger partial charge in [0.15, 0.2) is 0 Å². The zero-order chi connectivity index (χ0) is 9.68. The summed E-state index contributed by atoms with van der Waals surface area (Å²) in [4.78, 5) is 11.1. The number of esters is 1.